The van der Waals surface area contributed by atoms with Gasteiger partial charge in [-0.2, -0.15) is 5.10 Å². The van der Waals surface area contributed by atoms with Gasteiger partial charge in [-0.3, -0.25) is 4.79 Å². The van der Waals surface area contributed by atoms with E-state index in [0.717, 1.165) is 22.7 Å². The zero-order chi connectivity index (χ0) is 17.1. The largest absolute Gasteiger partial charge is 0.348 e. The Hall–Kier alpha value is -2.11. The predicted molar refractivity (Wildman–Crippen MR) is 99.1 cm³/mol. The Kier molecular flexibility index (Phi) is 5.02. The summed E-state index contributed by atoms with van der Waals surface area (Å²) in [4.78, 5) is 13.7. The summed E-state index contributed by atoms with van der Waals surface area (Å²) in [7, 11) is 0. The quantitative estimate of drug-likeness (QED) is 0.712. The van der Waals surface area contributed by atoms with Crippen LogP contribution in [0.1, 0.15) is 30.8 Å². The van der Waals surface area contributed by atoms with Crippen LogP contribution in [-0.4, -0.2) is 21.7 Å². The number of carbonyl (C=O) groups is 1. The van der Waals surface area contributed by atoms with Crippen molar-refractivity contribution in [3.05, 3.63) is 58.6 Å². The monoisotopic (exact) mass is 359 g/mol. The second kappa shape index (κ2) is 7.20. The highest BCUT2D eigenvalue weighted by molar-refractivity contribution is 7.13. The molecular weight excluding hydrogens is 342 g/mol. The number of carbonyl (C=O) groups excluding carboxylic acids is 1. The molecule has 0 aliphatic heterocycles. The van der Waals surface area contributed by atoms with Crippen molar-refractivity contribution in [2.75, 3.05) is 0 Å². The van der Waals surface area contributed by atoms with Crippen molar-refractivity contribution in [2.45, 2.75) is 26.3 Å². The second-order valence-electron chi connectivity index (χ2n) is 5.57. The van der Waals surface area contributed by atoms with E-state index in [1.54, 1.807) is 28.2 Å². The zero-order valence-corrected chi connectivity index (χ0v) is 15.1. The van der Waals surface area contributed by atoms with Gasteiger partial charge in [-0.1, -0.05) is 30.7 Å². The van der Waals surface area contributed by atoms with Crippen molar-refractivity contribution < 1.29 is 4.79 Å². The molecule has 6 heteroatoms. The molecule has 1 atom stereocenters. The molecule has 0 aliphatic carbocycles. The van der Waals surface area contributed by atoms with Gasteiger partial charge in [-0.25, -0.2) is 4.68 Å². The molecule has 2 aromatic heterocycles. The van der Waals surface area contributed by atoms with Crippen molar-refractivity contribution in [3.8, 4) is 16.3 Å². The van der Waals surface area contributed by atoms with Crippen molar-refractivity contribution in [1.82, 2.24) is 15.1 Å². The minimum atomic E-state index is -0.139. The van der Waals surface area contributed by atoms with Gasteiger partial charge >= 0.3 is 0 Å². The lowest BCUT2D eigenvalue weighted by atomic mass is 10.2. The summed E-state index contributed by atoms with van der Waals surface area (Å²) in [6.07, 6.45) is 0.870. The molecule has 0 unspecified atom stereocenters. The molecule has 0 aliphatic rings. The van der Waals surface area contributed by atoms with E-state index in [1.165, 1.54) is 0 Å². The third-order valence-corrected chi connectivity index (χ3v) is 4.89. The Balaban J connectivity index is 2.06. The first-order valence-electron chi connectivity index (χ1n) is 7.79. The summed E-state index contributed by atoms with van der Waals surface area (Å²) in [5.74, 6) is -0.139. The van der Waals surface area contributed by atoms with Crippen molar-refractivity contribution in [2.24, 2.45) is 0 Å². The minimum absolute atomic E-state index is 0.102. The van der Waals surface area contributed by atoms with Crippen molar-refractivity contribution in [1.29, 1.82) is 0 Å². The van der Waals surface area contributed by atoms with Crippen LogP contribution in [0.3, 0.4) is 0 Å². The van der Waals surface area contributed by atoms with Crippen LogP contribution in [0.4, 0.5) is 0 Å². The fourth-order valence-electron chi connectivity index (χ4n) is 2.29. The van der Waals surface area contributed by atoms with E-state index < -0.39 is 0 Å². The van der Waals surface area contributed by atoms with E-state index in [2.05, 4.69) is 10.4 Å². The summed E-state index contributed by atoms with van der Waals surface area (Å²) < 4.78 is 1.65. The minimum Gasteiger partial charge on any atom is -0.348 e. The normalized spacial score (nSPS) is 12.1. The molecule has 24 heavy (non-hydrogen) atoms. The lowest BCUT2D eigenvalue weighted by Crippen LogP contribution is -2.33. The highest BCUT2D eigenvalue weighted by Gasteiger charge is 2.19. The molecule has 1 N–H and O–H groups in total. The smallest absolute Gasteiger partial charge is 0.270 e. The molecule has 3 aromatic rings. The lowest BCUT2D eigenvalue weighted by Gasteiger charge is -2.12. The van der Waals surface area contributed by atoms with E-state index in [0.29, 0.717) is 10.7 Å². The molecular formula is C18H18ClN3OS. The summed E-state index contributed by atoms with van der Waals surface area (Å²) >= 11 is 7.69. The maximum absolute atomic E-state index is 12.7. The summed E-state index contributed by atoms with van der Waals surface area (Å²) in [5, 5.41) is 10.2. The van der Waals surface area contributed by atoms with Gasteiger partial charge in [0.1, 0.15) is 11.4 Å². The second-order valence-corrected chi connectivity index (χ2v) is 6.95. The predicted octanol–water partition coefficient (Wildman–Crippen LogP) is 4.78. The number of halogens is 1. The van der Waals surface area contributed by atoms with E-state index in [4.69, 9.17) is 11.6 Å². The summed E-state index contributed by atoms with van der Waals surface area (Å²) in [5.41, 5.74) is 2.04. The number of thiophene rings is 1. The van der Waals surface area contributed by atoms with E-state index in [-0.39, 0.29) is 11.9 Å². The lowest BCUT2D eigenvalue weighted by molar-refractivity contribution is 0.0931. The van der Waals surface area contributed by atoms with Gasteiger partial charge in [0.05, 0.1) is 10.6 Å². The molecule has 1 amide bonds. The number of aromatic nitrogens is 2. The van der Waals surface area contributed by atoms with Crippen LogP contribution >= 0.6 is 22.9 Å². The van der Waals surface area contributed by atoms with E-state index in [9.17, 15) is 4.79 Å². The van der Waals surface area contributed by atoms with Crippen molar-refractivity contribution >= 4 is 28.8 Å². The van der Waals surface area contributed by atoms with Gasteiger partial charge in [0, 0.05) is 11.1 Å². The first-order valence-corrected chi connectivity index (χ1v) is 9.05. The number of benzene rings is 1. The number of rotatable bonds is 5. The molecule has 0 radical (unpaired) electrons. The number of amides is 1. The molecule has 0 saturated carbocycles. The number of nitrogens with one attached hydrogen (secondary N) is 1. The zero-order valence-electron chi connectivity index (χ0n) is 13.5. The van der Waals surface area contributed by atoms with Gasteiger partial charge in [0.15, 0.2) is 0 Å². The van der Waals surface area contributed by atoms with Crippen LogP contribution in [0.25, 0.3) is 16.3 Å². The topological polar surface area (TPSA) is 46.9 Å². The van der Waals surface area contributed by atoms with Crippen LogP contribution in [0.5, 0.6) is 0 Å². The number of hydrogen-bond donors (Lipinski definition) is 1. The first-order chi connectivity index (χ1) is 11.6. The molecule has 0 fully saturated rings. The molecule has 0 bridgehead atoms. The van der Waals surface area contributed by atoms with Crippen LogP contribution in [0.15, 0.2) is 47.8 Å². The number of hydrogen-bond acceptors (Lipinski definition) is 3. The average Bonchev–Trinajstić information content (AvgIpc) is 3.23. The van der Waals surface area contributed by atoms with Crippen LogP contribution in [0, 0.1) is 0 Å². The van der Waals surface area contributed by atoms with Crippen LogP contribution < -0.4 is 5.32 Å². The van der Waals surface area contributed by atoms with Crippen molar-refractivity contribution in [3.63, 3.8) is 0 Å². The van der Waals surface area contributed by atoms with Gasteiger partial charge < -0.3 is 5.32 Å². The number of nitrogens with zero attached hydrogens (tertiary/aromatic N) is 2. The third-order valence-electron chi connectivity index (χ3n) is 3.76. The highest BCUT2D eigenvalue weighted by Crippen LogP contribution is 2.26. The Morgan fingerprint density at radius 2 is 2.17 bits per heavy atom. The van der Waals surface area contributed by atoms with Crippen LogP contribution in [-0.2, 0) is 0 Å². The SMILES string of the molecule is CC[C@H](C)NC(=O)c1cc(-c2cccs2)nn1-c1cccc(Cl)c1. The van der Waals surface area contributed by atoms with Crippen LogP contribution in [0.2, 0.25) is 5.02 Å². The Morgan fingerprint density at radius 3 is 2.83 bits per heavy atom. The van der Waals surface area contributed by atoms with Gasteiger partial charge in [-0.05, 0) is 49.1 Å². The molecule has 0 saturated heterocycles. The Bertz CT molecular complexity index is 842. The molecule has 2 heterocycles. The Labute approximate surface area is 150 Å². The fraction of sp³-hybridized carbons (Fsp3) is 0.222. The fourth-order valence-corrected chi connectivity index (χ4v) is 3.16. The maximum Gasteiger partial charge on any atom is 0.270 e. The highest BCUT2D eigenvalue weighted by atomic mass is 35.5. The summed E-state index contributed by atoms with van der Waals surface area (Å²) in [6, 6.07) is 13.2. The molecule has 0 spiro atoms. The van der Waals surface area contributed by atoms with E-state index >= 15 is 0 Å². The van der Waals surface area contributed by atoms with Gasteiger partial charge in [-0.15, -0.1) is 11.3 Å². The maximum atomic E-state index is 12.7. The molecule has 3 rings (SSSR count). The average molecular weight is 360 g/mol. The molecule has 1 aromatic carbocycles. The standard InChI is InChI=1S/C18H18ClN3OS/c1-3-12(2)20-18(23)16-11-15(17-8-5-9-24-17)21-22(16)14-7-4-6-13(19)10-14/h4-12H,3H2,1-2H3,(H,20,23)/t12-/m0/s1. The molecule has 124 valence electrons. The Morgan fingerprint density at radius 1 is 1.33 bits per heavy atom. The summed E-state index contributed by atoms with van der Waals surface area (Å²) in [6.45, 7) is 4.02. The first kappa shape index (κ1) is 16.7. The van der Waals surface area contributed by atoms with Gasteiger partial charge in [0.25, 0.3) is 5.91 Å². The van der Waals surface area contributed by atoms with Gasteiger partial charge in [0.2, 0.25) is 0 Å². The molecule has 4 nitrogen and oxygen atoms in total. The van der Waals surface area contributed by atoms with E-state index in [1.807, 2.05) is 49.6 Å². The third kappa shape index (κ3) is 3.52.